The van der Waals surface area contributed by atoms with Crippen molar-refractivity contribution in [3.05, 3.63) is 24.3 Å². The van der Waals surface area contributed by atoms with E-state index in [-0.39, 0.29) is 0 Å². The van der Waals surface area contributed by atoms with Crippen molar-refractivity contribution in [2.45, 2.75) is 6.92 Å². The number of imidazole rings is 1. The smallest absolute Gasteiger partial charge is 0.203 e. The molecule has 1 N–H and O–H groups in total. The molecule has 2 aromatic rings. The molecular formula is C13H18N4. The molecule has 4 heteroatoms. The van der Waals surface area contributed by atoms with Gasteiger partial charge in [-0.2, -0.15) is 0 Å². The largest absolute Gasteiger partial charge is 0.340 e. The molecule has 0 spiro atoms. The topological polar surface area (TPSA) is 35.2 Å². The first-order valence-electron chi connectivity index (χ1n) is 6.29. The Morgan fingerprint density at radius 1 is 1.18 bits per heavy atom. The number of para-hydroxylation sites is 2. The highest BCUT2D eigenvalue weighted by Gasteiger charge is 2.18. The summed E-state index contributed by atoms with van der Waals surface area (Å²) in [4.78, 5) is 12.8. The monoisotopic (exact) mass is 230 g/mol. The zero-order valence-electron chi connectivity index (χ0n) is 10.2. The molecule has 1 aromatic heterocycles. The molecule has 1 fully saturated rings. The fourth-order valence-corrected chi connectivity index (χ4v) is 2.37. The van der Waals surface area contributed by atoms with Crippen LogP contribution in [0.5, 0.6) is 0 Å². The number of rotatable bonds is 2. The molecule has 0 atom stereocenters. The predicted molar refractivity (Wildman–Crippen MR) is 70.4 cm³/mol. The summed E-state index contributed by atoms with van der Waals surface area (Å²) in [6.45, 7) is 7.76. The molecule has 90 valence electrons. The first-order chi connectivity index (χ1) is 8.36. The second-order valence-corrected chi connectivity index (χ2v) is 4.50. The Hall–Kier alpha value is -1.55. The summed E-state index contributed by atoms with van der Waals surface area (Å²) >= 11 is 0. The van der Waals surface area contributed by atoms with Crippen LogP contribution in [0.2, 0.25) is 0 Å². The molecule has 0 bridgehead atoms. The average Bonchev–Trinajstić information content (AvgIpc) is 2.82. The Bertz CT molecular complexity index is 464. The summed E-state index contributed by atoms with van der Waals surface area (Å²) in [6, 6.07) is 8.20. The van der Waals surface area contributed by atoms with E-state index in [1.165, 1.54) is 0 Å². The van der Waals surface area contributed by atoms with Crippen LogP contribution in [0.25, 0.3) is 11.0 Å². The number of H-pyrrole nitrogens is 1. The van der Waals surface area contributed by atoms with Gasteiger partial charge in [0.15, 0.2) is 0 Å². The van der Waals surface area contributed by atoms with Gasteiger partial charge in [0.05, 0.1) is 11.0 Å². The van der Waals surface area contributed by atoms with Crippen molar-refractivity contribution in [3.63, 3.8) is 0 Å². The van der Waals surface area contributed by atoms with Gasteiger partial charge in [0.1, 0.15) is 0 Å². The lowest BCUT2D eigenvalue weighted by molar-refractivity contribution is 0.270. The van der Waals surface area contributed by atoms with Gasteiger partial charge >= 0.3 is 0 Å². The predicted octanol–water partition coefficient (Wildman–Crippen LogP) is 1.70. The van der Waals surface area contributed by atoms with Crippen LogP contribution in [0.15, 0.2) is 24.3 Å². The molecule has 0 aliphatic carbocycles. The standard InChI is InChI=1S/C13H18N4/c1-2-16-7-9-17(10-8-16)13-14-11-5-3-4-6-12(11)15-13/h3-6H,2,7-10H2,1H3,(H,14,15). The average molecular weight is 230 g/mol. The van der Waals surface area contributed by atoms with E-state index < -0.39 is 0 Å². The highest BCUT2D eigenvalue weighted by atomic mass is 15.3. The summed E-state index contributed by atoms with van der Waals surface area (Å²) in [5.41, 5.74) is 2.18. The lowest BCUT2D eigenvalue weighted by Gasteiger charge is -2.33. The number of anilines is 1. The lowest BCUT2D eigenvalue weighted by Crippen LogP contribution is -2.46. The van der Waals surface area contributed by atoms with Gasteiger partial charge in [-0.15, -0.1) is 0 Å². The molecule has 0 radical (unpaired) electrons. The first kappa shape index (κ1) is 10.6. The highest BCUT2D eigenvalue weighted by Crippen LogP contribution is 2.18. The molecule has 0 saturated carbocycles. The second-order valence-electron chi connectivity index (χ2n) is 4.50. The van der Waals surface area contributed by atoms with Crippen molar-refractivity contribution < 1.29 is 0 Å². The zero-order valence-corrected chi connectivity index (χ0v) is 10.2. The van der Waals surface area contributed by atoms with E-state index >= 15 is 0 Å². The Labute approximate surface area is 101 Å². The summed E-state index contributed by atoms with van der Waals surface area (Å²) in [5.74, 6) is 1.02. The molecule has 2 heterocycles. The molecule has 3 rings (SSSR count). The summed E-state index contributed by atoms with van der Waals surface area (Å²) < 4.78 is 0. The van der Waals surface area contributed by atoms with Crippen molar-refractivity contribution in [3.8, 4) is 0 Å². The van der Waals surface area contributed by atoms with Crippen LogP contribution < -0.4 is 4.90 Å². The number of likely N-dealkylation sites (N-methyl/N-ethyl adjacent to an activating group) is 1. The molecule has 17 heavy (non-hydrogen) atoms. The van der Waals surface area contributed by atoms with E-state index in [4.69, 9.17) is 0 Å². The number of benzene rings is 1. The molecule has 1 saturated heterocycles. The fraction of sp³-hybridized carbons (Fsp3) is 0.462. The SMILES string of the molecule is CCN1CCN(c2nc3ccccc3[nH]2)CC1. The van der Waals surface area contributed by atoms with Gasteiger partial charge < -0.3 is 14.8 Å². The van der Waals surface area contributed by atoms with Crippen LogP contribution in [0, 0.1) is 0 Å². The van der Waals surface area contributed by atoms with Gasteiger partial charge in [-0.05, 0) is 18.7 Å². The maximum absolute atomic E-state index is 4.64. The Kier molecular flexibility index (Phi) is 2.73. The number of hydrogen-bond donors (Lipinski definition) is 1. The number of aromatic amines is 1. The van der Waals surface area contributed by atoms with Gasteiger partial charge in [0, 0.05) is 26.2 Å². The molecule has 4 nitrogen and oxygen atoms in total. The van der Waals surface area contributed by atoms with Gasteiger partial charge in [-0.25, -0.2) is 4.98 Å². The van der Waals surface area contributed by atoms with Gasteiger partial charge in [-0.3, -0.25) is 0 Å². The third-order valence-electron chi connectivity index (χ3n) is 3.50. The molecule has 0 amide bonds. The maximum Gasteiger partial charge on any atom is 0.203 e. The van der Waals surface area contributed by atoms with Crippen molar-refractivity contribution in [1.29, 1.82) is 0 Å². The number of aromatic nitrogens is 2. The van der Waals surface area contributed by atoms with Gasteiger partial charge in [-0.1, -0.05) is 19.1 Å². The van der Waals surface area contributed by atoms with E-state index in [2.05, 4.69) is 38.8 Å². The fourth-order valence-electron chi connectivity index (χ4n) is 2.37. The van der Waals surface area contributed by atoms with Crippen molar-refractivity contribution in [2.75, 3.05) is 37.6 Å². The van der Waals surface area contributed by atoms with Crippen molar-refractivity contribution in [1.82, 2.24) is 14.9 Å². The van der Waals surface area contributed by atoms with Crippen LogP contribution in [-0.2, 0) is 0 Å². The van der Waals surface area contributed by atoms with Crippen molar-refractivity contribution in [2.24, 2.45) is 0 Å². The van der Waals surface area contributed by atoms with Crippen LogP contribution in [0.3, 0.4) is 0 Å². The third-order valence-corrected chi connectivity index (χ3v) is 3.50. The van der Waals surface area contributed by atoms with Crippen LogP contribution in [0.1, 0.15) is 6.92 Å². The molecule has 0 unspecified atom stereocenters. The minimum Gasteiger partial charge on any atom is -0.340 e. The Morgan fingerprint density at radius 3 is 2.65 bits per heavy atom. The Balaban J connectivity index is 1.80. The Morgan fingerprint density at radius 2 is 1.94 bits per heavy atom. The second kappa shape index (κ2) is 4.37. The highest BCUT2D eigenvalue weighted by molar-refractivity contribution is 5.77. The van der Waals surface area contributed by atoms with E-state index in [0.29, 0.717) is 0 Å². The van der Waals surface area contributed by atoms with Crippen LogP contribution in [0.4, 0.5) is 5.95 Å². The molecule has 1 aromatic carbocycles. The lowest BCUT2D eigenvalue weighted by atomic mass is 10.3. The number of piperazine rings is 1. The normalized spacial score (nSPS) is 17.8. The van der Waals surface area contributed by atoms with Crippen LogP contribution >= 0.6 is 0 Å². The van der Waals surface area contributed by atoms with Gasteiger partial charge in [0.2, 0.25) is 5.95 Å². The molecular weight excluding hydrogens is 212 g/mol. The molecule has 1 aliphatic heterocycles. The summed E-state index contributed by atoms with van der Waals surface area (Å²) in [6.07, 6.45) is 0. The first-order valence-corrected chi connectivity index (χ1v) is 6.29. The zero-order chi connectivity index (χ0) is 11.7. The number of hydrogen-bond acceptors (Lipinski definition) is 3. The molecule has 1 aliphatic rings. The van der Waals surface area contributed by atoms with Crippen LogP contribution in [-0.4, -0.2) is 47.6 Å². The summed E-state index contributed by atoms with van der Waals surface area (Å²) in [7, 11) is 0. The maximum atomic E-state index is 4.64. The third kappa shape index (κ3) is 2.00. The van der Waals surface area contributed by atoms with E-state index in [1.54, 1.807) is 0 Å². The van der Waals surface area contributed by atoms with Gasteiger partial charge in [0.25, 0.3) is 0 Å². The van der Waals surface area contributed by atoms with E-state index in [9.17, 15) is 0 Å². The minimum atomic E-state index is 1.02. The van der Waals surface area contributed by atoms with E-state index in [1.807, 2.05) is 12.1 Å². The quantitative estimate of drug-likeness (QED) is 0.853. The minimum absolute atomic E-state index is 1.02. The summed E-state index contributed by atoms with van der Waals surface area (Å²) in [5, 5.41) is 0. The van der Waals surface area contributed by atoms with E-state index in [0.717, 1.165) is 49.7 Å². The van der Waals surface area contributed by atoms with Crippen molar-refractivity contribution >= 4 is 17.0 Å². The number of nitrogens with one attached hydrogen (secondary N) is 1. The number of nitrogens with zero attached hydrogens (tertiary/aromatic N) is 3. The number of fused-ring (bicyclic) bond motifs is 1.